The Balaban J connectivity index is 0.000000355. The van der Waals surface area contributed by atoms with Crippen molar-refractivity contribution in [1.82, 2.24) is 14.8 Å². The van der Waals surface area contributed by atoms with E-state index in [1.54, 1.807) is 41.5 Å². The Morgan fingerprint density at radius 3 is 1.87 bits per heavy atom. The normalized spacial score (nSPS) is 19.6. The van der Waals surface area contributed by atoms with Crippen molar-refractivity contribution in [3.63, 3.8) is 0 Å². The predicted octanol–water partition coefficient (Wildman–Crippen LogP) is 4.28. The number of hydrogen-bond donors (Lipinski definition) is 0. The Hall–Kier alpha value is -4.50. The van der Waals surface area contributed by atoms with Gasteiger partial charge in [0.1, 0.15) is 29.0 Å². The van der Waals surface area contributed by atoms with E-state index in [9.17, 15) is 41.9 Å². The number of aromatic nitrogens is 1. The number of esters is 2. The molecule has 248 valence electrons. The molecule has 0 radical (unpaired) electrons. The first-order chi connectivity index (χ1) is 20.6. The van der Waals surface area contributed by atoms with E-state index in [1.165, 1.54) is 19.3 Å². The molecule has 0 unspecified atom stereocenters. The largest absolute Gasteiger partial charge is 0.467 e. The summed E-state index contributed by atoms with van der Waals surface area (Å²) in [5.74, 6) is -2.68. The lowest BCUT2D eigenvalue weighted by Crippen LogP contribution is -2.45. The summed E-state index contributed by atoms with van der Waals surface area (Å²) in [6.45, 7) is 9.84. The van der Waals surface area contributed by atoms with Crippen LogP contribution in [0.15, 0.2) is 23.9 Å². The number of carbonyl (C=O) groups excluding carboxylic acids is 6. The van der Waals surface area contributed by atoms with E-state index in [0.29, 0.717) is 4.90 Å². The summed E-state index contributed by atoms with van der Waals surface area (Å²) < 4.78 is 57.9. The van der Waals surface area contributed by atoms with Gasteiger partial charge in [-0.1, -0.05) is 0 Å². The number of halogens is 3. The van der Waals surface area contributed by atoms with Gasteiger partial charge in [0.05, 0.1) is 14.2 Å². The van der Waals surface area contributed by atoms with E-state index in [0.717, 1.165) is 24.3 Å². The van der Waals surface area contributed by atoms with Gasteiger partial charge in [-0.2, -0.15) is 13.2 Å². The molecule has 13 nitrogen and oxygen atoms in total. The fourth-order valence-electron chi connectivity index (χ4n) is 4.13. The van der Waals surface area contributed by atoms with Crippen molar-refractivity contribution in [2.24, 2.45) is 0 Å². The van der Waals surface area contributed by atoms with Crippen LogP contribution in [0.25, 0.3) is 6.08 Å². The zero-order valence-electron chi connectivity index (χ0n) is 26.1. The maximum absolute atomic E-state index is 12.8. The molecule has 2 aliphatic rings. The monoisotopic (exact) mass is 643 g/mol. The molecular formula is C29H36F3N3O10. The lowest BCUT2D eigenvalue weighted by Gasteiger charge is -2.26. The molecule has 16 heteroatoms. The quantitative estimate of drug-likeness (QED) is 0.263. The van der Waals surface area contributed by atoms with Crippen LogP contribution < -0.4 is 0 Å². The fraction of sp³-hybridized carbons (Fsp3) is 0.552. The van der Waals surface area contributed by atoms with Gasteiger partial charge >= 0.3 is 30.3 Å². The molecular weight excluding hydrogens is 607 g/mol. The number of carbonyl (C=O) groups is 6. The average molecular weight is 644 g/mol. The van der Waals surface area contributed by atoms with Gasteiger partial charge in [-0.15, -0.1) is 0 Å². The average Bonchev–Trinajstić information content (AvgIpc) is 3.45. The standard InChI is InChI=1S/C18H19F3N2O5.C11H17NO5/c1-17(2,3)28-16(26)23-12(15(25)27-4)9-11(14(23)24)7-10-5-6-22-13(8-10)18(19,20)21;1-11(2,3)17-10(15)12-7(9(14)16-4)5-6-8(12)13/h5-8,12H,9H2,1-4H3;7H,5-6H2,1-4H3/t12-;7-/m00/s1. The first kappa shape index (κ1) is 36.7. The minimum Gasteiger partial charge on any atom is -0.467 e. The highest BCUT2D eigenvalue weighted by Gasteiger charge is 2.46. The van der Waals surface area contributed by atoms with Crippen LogP contribution in [0.1, 0.15) is 72.1 Å². The molecule has 1 aromatic heterocycles. The van der Waals surface area contributed by atoms with Crippen LogP contribution in [0.3, 0.4) is 0 Å². The molecule has 0 aliphatic carbocycles. The first-order valence-corrected chi connectivity index (χ1v) is 13.6. The smallest absolute Gasteiger partial charge is 0.433 e. The summed E-state index contributed by atoms with van der Waals surface area (Å²) >= 11 is 0. The molecule has 0 bridgehead atoms. The maximum Gasteiger partial charge on any atom is 0.433 e. The highest BCUT2D eigenvalue weighted by Crippen LogP contribution is 2.31. The predicted molar refractivity (Wildman–Crippen MR) is 149 cm³/mol. The van der Waals surface area contributed by atoms with Crippen LogP contribution in [-0.4, -0.2) is 88.2 Å². The molecule has 1 aromatic rings. The van der Waals surface area contributed by atoms with Crippen LogP contribution in [-0.2, 0) is 44.3 Å². The molecule has 0 spiro atoms. The molecule has 0 aromatic carbocycles. The number of alkyl halides is 3. The Bertz CT molecular complexity index is 1360. The topological polar surface area (TPSA) is 159 Å². The number of hydrogen-bond acceptors (Lipinski definition) is 11. The van der Waals surface area contributed by atoms with E-state index >= 15 is 0 Å². The Labute approximate surface area is 257 Å². The van der Waals surface area contributed by atoms with Crippen LogP contribution >= 0.6 is 0 Å². The molecule has 2 aliphatic heterocycles. The number of ether oxygens (including phenoxy) is 4. The van der Waals surface area contributed by atoms with Crippen molar-refractivity contribution in [1.29, 1.82) is 0 Å². The van der Waals surface area contributed by atoms with Gasteiger partial charge in [0.25, 0.3) is 5.91 Å². The Morgan fingerprint density at radius 1 is 0.867 bits per heavy atom. The highest BCUT2D eigenvalue weighted by atomic mass is 19.4. The third-order valence-corrected chi connectivity index (χ3v) is 5.97. The second-order valence-electron chi connectivity index (χ2n) is 11.9. The molecule has 4 amide bonds. The van der Waals surface area contributed by atoms with Gasteiger partial charge in [-0.3, -0.25) is 14.6 Å². The molecule has 2 saturated heterocycles. The third kappa shape index (κ3) is 10.0. The van der Waals surface area contributed by atoms with Gasteiger partial charge in [-0.25, -0.2) is 29.0 Å². The fourth-order valence-corrected chi connectivity index (χ4v) is 4.13. The highest BCUT2D eigenvalue weighted by molar-refractivity contribution is 6.11. The summed E-state index contributed by atoms with van der Waals surface area (Å²) in [5.41, 5.74) is -2.72. The van der Waals surface area contributed by atoms with Gasteiger partial charge in [-0.05, 0) is 71.7 Å². The number of likely N-dealkylation sites (tertiary alicyclic amines) is 2. The number of methoxy groups -OCH3 is 2. The SMILES string of the molecule is COC(=O)[C@@H]1CC(=Cc2ccnc(C(F)(F)F)c2)C(=O)N1C(=O)OC(C)(C)C.COC(=O)[C@@H]1CCC(=O)N1C(=O)OC(C)(C)C. The molecule has 0 N–H and O–H groups in total. The number of amides is 4. The lowest BCUT2D eigenvalue weighted by atomic mass is 10.1. The summed E-state index contributed by atoms with van der Waals surface area (Å²) in [6.07, 6.45) is -4.13. The molecule has 2 atom stereocenters. The van der Waals surface area contributed by atoms with E-state index in [1.807, 2.05) is 0 Å². The second-order valence-corrected chi connectivity index (χ2v) is 11.9. The van der Waals surface area contributed by atoms with E-state index < -0.39 is 71.1 Å². The number of imide groups is 2. The van der Waals surface area contributed by atoms with E-state index in [2.05, 4.69) is 14.5 Å². The second kappa shape index (κ2) is 14.1. The first-order valence-electron chi connectivity index (χ1n) is 13.6. The Kier molecular flexibility index (Phi) is 11.5. The summed E-state index contributed by atoms with van der Waals surface area (Å²) in [6, 6.07) is -0.0765. The van der Waals surface area contributed by atoms with Crippen molar-refractivity contribution in [2.75, 3.05) is 14.2 Å². The van der Waals surface area contributed by atoms with Gasteiger partial charge in [0, 0.05) is 24.6 Å². The third-order valence-electron chi connectivity index (χ3n) is 5.97. The summed E-state index contributed by atoms with van der Waals surface area (Å²) in [7, 11) is 2.32. The van der Waals surface area contributed by atoms with Crippen LogP contribution in [0.5, 0.6) is 0 Å². The molecule has 2 fully saturated rings. The zero-order valence-corrected chi connectivity index (χ0v) is 26.1. The number of pyridine rings is 1. The van der Waals surface area contributed by atoms with Crippen molar-refractivity contribution in [3.05, 3.63) is 35.2 Å². The van der Waals surface area contributed by atoms with Gasteiger partial charge < -0.3 is 18.9 Å². The summed E-state index contributed by atoms with van der Waals surface area (Å²) in [4.78, 5) is 76.5. The number of rotatable bonds is 3. The molecule has 45 heavy (non-hydrogen) atoms. The lowest BCUT2D eigenvalue weighted by molar-refractivity contribution is -0.148. The van der Waals surface area contributed by atoms with Gasteiger partial charge in [0.2, 0.25) is 5.91 Å². The maximum atomic E-state index is 12.8. The molecule has 3 rings (SSSR count). The minimum atomic E-state index is -4.65. The zero-order chi connectivity index (χ0) is 34.5. The van der Waals surface area contributed by atoms with Gasteiger partial charge in [0.15, 0.2) is 0 Å². The van der Waals surface area contributed by atoms with E-state index in [-0.39, 0.29) is 30.4 Å². The van der Waals surface area contributed by atoms with Crippen molar-refractivity contribution in [2.45, 2.75) is 90.3 Å². The van der Waals surface area contributed by atoms with Crippen LogP contribution in [0, 0.1) is 0 Å². The minimum absolute atomic E-state index is 0.0272. The molecule has 3 heterocycles. The van der Waals surface area contributed by atoms with Crippen LogP contribution in [0.4, 0.5) is 22.8 Å². The summed E-state index contributed by atoms with van der Waals surface area (Å²) in [5, 5.41) is 0. The van der Waals surface area contributed by atoms with Crippen molar-refractivity contribution < 1.29 is 60.9 Å². The van der Waals surface area contributed by atoms with E-state index in [4.69, 9.17) is 9.47 Å². The number of nitrogens with zero attached hydrogens (tertiary/aromatic N) is 3. The van der Waals surface area contributed by atoms with Crippen molar-refractivity contribution >= 4 is 42.0 Å². The van der Waals surface area contributed by atoms with Crippen LogP contribution in [0.2, 0.25) is 0 Å². The Morgan fingerprint density at radius 2 is 1.38 bits per heavy atom. The molecule has 0 saturated carbocycles. The van der Waals surface area contributed by atoms with Crippen molar-refractivity contribution in [3.8, 4) is 0 Å².